The van der Waals surface area contributed by atoms with Gasteiger partial charge in [-0.25, -0.2) is 4.98 Å². The Bertz CT molecular complexity index is 1010. The van der Waals surface area contributed by atoms with Gasteiger partial charge < -0.3 is 19.5 Å². The van der Waals surface area contributed by atoms with Crippen LogP contribution in [-0.2, 0) is 4.74 Å². The lowest BCUT2D eigenvalue weighted by atomic mass is 10.0. The van der Waals surface area contributed by atoms with Gasteiger partial charge in [-0.05, 0) is 50.3 Å². The molecule has 7 nitrogen and oxygen atoms in total. The quantitative estimate of drug-likeness (QED) is 0.682. The standard InChI is InChI=1S/C22H28N4O3/c1-14-11-20(23-13-16-7-9-29-10-8-16)26-22(24-14)21(15(2)25-26)17-5-6-18(27-3)19(12-17)28-4/h5-6,11-12,16,23H,7-10,13H2,1-4H3. The molecule has 1 aromatic carbocycles. The van der Waals surface area contributed by atoms with Crippen LogP contribution in [0, 0.1) is 19.8 Å². The van der Waals surface area contributed by atoms with E-state index in [0.717, 1.165) is 66.6 Å². The number of aromatic nitrogens is 3. The van der Waals surface area contributed by atoms with Crippen LogP contribution in [0.25, 0.3) is 16.8 Å². The second kappa shape index (κ2) is 8.29. The van der Waals surface area contributed by atoms with Gasteiger partial charge >= 0.3 is 0 Å². The van der Waals surface area contributed by atoms with E-state index in [0.29, 0.717) is 17.4 Å². The van der Waals surface area contributed by atoms with Gasteiger partial charge in [0.15, 0.2) is 17.1 Å². The highest BCUT2D eigenvalue weighted by atomic mass is 16.5. The Morgan fingerprint density at radius 3 is 2.59 bits per heavy atom. The summed E-state index contributed by atoms with van der Waals surface area (Å²) in [7, 11) is 3.28. The Kier molecular flexibility index (Phi) is 5.58. The molecular formula is C22H28N4O3. The second-order valence-corrected chi connectivity index (χ2v) is 7.48. The van der Waals surface area contributed by atoms with Crippen molar-refractivity contribution < 1.29 is 14.2 Å². The summed E-state index contributed by atoms with van der Waals surface area (Å²) < 4.78 is 18.2. The third-order valence-electron chi connectivity index (χ3n) is 5.48. The van der Waals surface area contributed by atoms with Crippen LogP contribution in [0.4, 0.5) is 5.82 Å². The molecule has 0 bridgehead atoms. The molecule has 1 saturated heterocycles. The zero-order valence-electron chi connectivity index (χ0n) is 17.5. The van der Waals surface area contributed by atoms with Gasteiger partial charge in [-0.15, -0.1) is 0 Å². The monoisotopic (exact) mass is 396 g/mol. The number of rotatable bonds is 6. The summed E-state index contributed by atoms with van der Waals surface area (Å²) in [6.45, 7) is 6.63. The molecule has 3 heterocycles. The van der Waals surface area contributed by atoms with E-state index >= 15 is 0 Å². The number of ether oxygens (including phenoxy) is 3. The minimum absolute atomic E-state index is 0.620. The van der Waals surface area contributed by atoms with Gasteiger partial charge in [0.1, 0.15) is 5.82 Å². The highest BCUT2D eigenvalue weighted by Crippen LogP contribution is 2.35. The lowest BCUT2D eigenvalue weighted by Crippen LogP contribution is -2.23. The average Bonchev–Trinajstić information content (AvgIpc) is 3.07. The van der Waals surface area contributed by atoms with E-state index in [2.05, 4.69) is 11.4 Å². The van der Waals surface area contributed by atoms with Gasteiger partial charge in [0.05, 0.1) is 19.9 Å². The van der Waals surface area contributed by atoms with Crippen molar-refractivity contribution in [1.29, 1.82) is 0 Å². The second-order valence-electron chi connectivity index (χ2n) is 7.48. The number of hydrogen-bond donors (Lipinski definition) is 1. The van der Waals surface area contributed by atoms with Gasteiger partial charge in [0, 0.05) is 37.1 Å². The maximum atomic E-state index is 5.48. The van der Waals surface area contributed by atoms with Gasteiger partial charge in [0.2, 0.25) is 0 Å². The molecule has 1 fully saturated rings. The van der Waals surface area contributed by atoms with Gasteiger partial charge in [0.25, 0.3) is 0 Å². The zero-order valence-corrected chi connectivity index (χ0v) is 17.5. The van der Waals surface area contributed by atoms with Crippen molar-refractivity contribution in [2.45, 2.75) is 26.7 Å². The number of benzene rings is 1. The molecule has 29 heavy (non-hydrogen) atoms. The molecular weight excluding hydrogens is 368 g/mol. The van der Waals surface area contributed by atoms with Crippen LogP contribution >= 0.6 is 0 Å². The van der Waals surface area contributed by atoms with E-state index < -0.39 is 0 Å². The Balaban J connectivity index is 1.72. The molecule has 0 aliphatic carbocycles. The molecule has 1 aliphatic heterocycles. The van der Waals surface area contributed by atoms with Crippen LogP contribution in [0.3, 0.4) is 0 Å². The number of anilines is 1. The first kappa shape index (κ1) is 19.5. The molecule has 0 amide bonds. The Hall–Kier alpha value is -2.80. The minimum Gasteiger partial charge on any atom is -0.493 e. The molecule has 0 unspecified atom stereocenters. The maximum Gasteiger partial charge on any atom is 0.165 e. The van der Waals surface area contributed by atoms with Crippen LogP contribution in [0.5, 0.6) is 11.5 Å². The molecule has 0 atom stereocenters. The normalized spacial score (nSPS) is 14.9. The Morgan fingerprint density at radius 2 is 1.86 bits per heavy atom. The highest BCUT2D eigenvalue weighted by Gasteiger charge is 2.19. The number of methoxy groups -OCH3 is 2. The maximum absolute atomic E-state index is 5.48. The minimum atomic E-state index is 0.620. The van der Waals surface area contributed by atoms with Gasteiger partial charge in [-0.1, -0.05) is 6.07 Å². The molecule has 154 valence electrons. The van der Waals surface area contributed by atoms with Crippen molar-refractivity contribution >= 4 is 11.5 Å². The molecule has 1 N–H and O–H groups in total. The van der Waals surface area contributed by atoms with E-state index in [9.17, 15) is 0 Å². The third kappa shape index (κ3) is 3.87. The summed E-state index contributed by atoms with van der Waals surface area (Å²) in [5.41, 5.74) is 4.72. The van der Waals surface area contributed by atoms with Crippen molar-refractivity contribution in [1.82, 2.24) is 14.6 Å². The van der Waals surface area contributed by atoms with Crippen molar-refractivity contribution in [2.75, 3.05) is 39.3 Å². The molecule has 0 spiro atoms. The summed E-state index contributed by atoms with van der Waals surface area (Å²) in [4.78, 5) is 4.79. The van der Waals surface area contributed by atoms with Crippen molar-refractivity contribution in [3.8, 4) is 22.6 Å². The largest absolute Gasteiger partial charge is 0.493 e. The van der Waals surface area contributed by atoms with Crippen LogP contribution < -0.4 is 14.8 Å². The van der Waals surface area contributed by atoms with E-state index in [1.807, 2.05) is 36.6 Å². The molecule has 0 saturated carbocycles. The summed E-state index contributed by atoms with van der Waals surface area (Å²) in [6.07, 6.45) is 2.18. The molecule has 3 aromatic rings. The SMILES string of the molecule is COc1ccc(-c2c(C)nn3c(NCC4CCOCC4)cc(C)nc23)cc1OC. The smallest absolute Gasteiger partial charge is 0.165 e. The van der Waals surface area contributed by atoms with E-state index in [-0.39, 0.29) is 0 Å². The van der Waals surface area contributed by atoms with Gasteiger partial charge in [-0.2, -0.15) is 9.61 Å². The van der Waals surface area contributed by atoms with Crippen LogP contribution in [0.15, 0.2) is 24.3 Å². The van der Waals surface area contributed by atoms with Crippen molar-refractivity contribution in [3.63, 3.8) is 0 Å². The highest BCUT2D eigenvalue weighted by molar-refractivity contribution is 5.82. The van der Waals surface area contributed by atoms with Gasteiger partial charge in [-0.3, -0.25) is 0 Å². The molecule has 7 heteroatoms. The summed E-state index contributed by atoms with van der Waals surface area (Å²) in [5.74, 6) is 2.98. The topological polar surface area (TPSA) is 69.9 Å². The van der Waals surface area contributed by atoms with E-state index in [1.54, 1.807) is 14.2 Å². The molecule has 0 radical (unpaired) electrons. The van der Waals surface area contributed by atoms with E-state index in [1.165, 1.54) is 0 Å². The number of nitrogens with one attached hydrogen (secondary N) is 1. The number of aryl methyl sites for hydroxylation is 2. The first-order chi connectivity index (χ1) is 14.1. The fourth-order valence-electron chi connectivity index (χ4n) is 3.90. The zero-order chi connectivity index (χ0) is 20.4. The number of fused-ring (bicyclic) bond motifs is 1. The predicted molar refractivity (Wildman–Crippen MR) is 113 cm³/mol. The molecule has 2 aromatic heterocycles. The summed E-state index contributed by atoms with van der Waals surface area (Å²) in [6, 6.07) is 7.96. The first-order valence-corrected chi connectivity index (χ1v) is 10.0. The lowest BCUT2D eigenvalue weighted by molar-refractivity contribution is 0.0699. The number of nitrogens with zero attached hydrogens (tertiary/aromatic N) is 3. The summed E-state index contributed by atoms with van der Waals surface area (Å²) >= 11 is 0. The molecule has 1 aliphatic rings. The third-order valence-corrected chi connectivity index (χ3v) is 5.48. The van der Waals surface area contributed by atoms with Crippen LogP contribution in [0.1, 0.15) is 24.2 Å². The predicted octanol–water partition coefficient (Wildman–Crippen LogP) is 3.87. The Labute approximate surface area is 171 Å². The fourth-order valence-corrected chi connectivity index (χ4v) is 3.90. The lowest BCUT2D eigenvalue weighted by Gasteiger charge is -2.22. The molecule has 4 rings (SSSR count). The van der Waals surface area contributed by atoms with Crippen molar-refractivity contribution in [3.05, 3.63) is 35.7 Å². The number of hydrogen-bond acceptors (Lipinski definition) is 6. The average molecular weight is 396 g/mol. The fraction of sp³-hybridized carbons (Fsp3) is 0.455. The first-order valence-electron chi connectivity index (χ1n) is 10.0. The van der Waals surface area contributed by atoms with Crippen LogP contribution in [-0.4, -0.2) is 48.6 Å². The van der Waals surface area contributed by atoms with Crippen molar-refractivity contribution in [2.24, 2.45) is 5.92 Å². The summed E-state index contributed by atoms with van der Waals surface area (Å²) in [5, 5.41) is 8.38. The van der Waals surface area contributed by atoms with Crippen LogP contribution in [0.2, 0.25) is 0 Å². The Morgan fingerprint density at radius 1 is 1.10 bits per heavy atom. The van der Waals surface area contributed by atoms with E-state index in [4.69, 9.17) is 24.3 Å².